The molecule has 0 bridgehead atoms. The van der Waals surface area contributed by atoms with Crippen molar-refractivity contribution < 1.29 is 9.72 Å². The summed E-state index contributed by atoms with van der Waals surface area (Å²) in [5.74, 6) is -0.410. The van der Waals surface area contributed by atoms with Crippen LogP contribution in [0.5, 0.6) is 0 Å². The summed E-state index contributed by atoms with van der Waals surface area (Å²) in [7, 11) is 1.68. The lowest BCUT2D eigenvalue weighted by Crippen LogP contribution is -2.38. The molecule has 1 rings (SSSR count). The van der Waals surface area contributed by atoms with Crippen LogP contribution in [-0.2, 0) is 4.79 Å². The number of hydrogen-bond donors (Lipinski definition) is 1. The second-order valence-corrected chi connectivity index (χ2v) is 3.85. The number of nitro groups is 1. The Morgan fingerprint density at radius 2 is 2.33 bits per heavy atom. The third kappa shape index (κ3) is 3.16. The van der Waals surface area contributed by atoms with Crippen molar-refractivity contribution in [3.8, 4) is 0 Å². The molecule has 0 fully saturated rings. The summed E-state index contributed by atoms with van der Waals surface area (Å²) in [5.41, 5.74) is 0.243. The highest BCUT2D eigenvalue weighted by Gasteiger charge is 2.21. The molecule has 1 unspecified atom stereocenters. The lowest BCUT2D eigenvalue weighted by atomic mass is 10.2. The summed E-state index contributed by atoms with van der Waals surface area (Å²) < 4.78 is 0. The van der Waals surface area contributed by atoms with Crippen molar-refractivity contribution in [3.63, 3.8) is 0 Å². The van der Waals surface area contributed by atoms with Gasteiger partial charge in [0.2, 0.25) is 5.91 Å². The zero-order chi connectivity index (χ0) is 13.7. The number of aromatic nitrogens is 1. The van der Waals surface area contributed by atoms with E-state index in [0.717, 1.165) is 0 Å². The van der Waals surface area contributed by atoms with Gasteiger partial charge in [-0.2, -0.15) is 0 Å². The van der Waals surface area contributed by atoms with E-state index in [-0.39, 0.29) is 17.4 Å². The Bertz CT molecular complexity index is 450. The summed E-state index contributed by atoms with van der Waals surface area (Å²) >= 11 is 0. The summed E-state index contributed by atoms with van der Waals surface area (Å²) in [4.78, 5) is 27.2. The van der Waals surface area contributed by atoms with E-state index in [1.807, 2.05) is 6.92 Å². The first-order valence-electron chi connectivity index (χ1n) is 5.58. The summed E-state index contributed by atoms with van der Waals surface area (Å²) in [6.07, 6.45) is 1.34. The number of likely N-dealkylation sites (N-methyl/N-ethyl adjacent to an activating group) is 1. The summed E-state index contributed by atoms with van der Waals surface area (Å²) in [6.45, 7) is 4.10. The largest absolute Gasteiger partial charge is 0.386 e. The van der Waals surface area contributed by atoms with Crippen LogP contribution >= 0.6 is 0 Å². The molecule has 0 aromatic carbocycles. The number of nitrogens with zero attached hydrogens (tertiary/aromatic N) is 3. The van der Waals surface area contributed by atoms with Crippen molar-refractivity contribution in [1.82, 2.24) is 9.88 Å². The number of hydrogen-bond acceptors (Lipinski definition) is 5. The Morgan fingerprint density at radius 3 is 2.89 bits per heavy atom. The lowest BCUT2D eigenvalue weighted by Gasteiger charge is -2.20. The Kier molecular flexibility index (Phi) is 4.59. The second kappa shape index (κ2) is 5.95. The maximum Gasteiger partial charge on any atom is 0.386 e. The predicted molar refractivity (Wildman–Crippen MR) is 67.3 cm³/mol. The molecule has 0 aliphatic rings. The molecule has 18 heavy (non-hydrogen) atoms. The fraction of sp³-hybridized carbons (Fsp3) is 0.455. The van der Waals surface area contributed by atoms with Gasteiger partial charge in [0.05, 0.1) is 0 Å². The van der Waals surface area contributed by atoms with Gasteiger partial charge >= 0.3 is 5.82 Å². The van der Waals surface area contributed by atoms with Crippen molar-refractivity contribution in [2.24, 2.45) is 0 Å². The molecule has 1 aromatic heterocycles. The molecule has 0 spiro atoms. The van der Waals surface area contributed by atoms with E-state index in [1.54, 1.807) is 24.9 Å². The maximum absolute atomic E-state index is 11.8. The number of amides is 1. The normalized spacial score (nSPS) is 11.7. The quantitative estimate of drug-likeness (QED) is 0.629. The average molecular weight is 252 g/mol. The predicted octanol–water partition coefficient (Wildman–Crippen LogP) is 1.27. The van der Waals surface area contributed by atoms with Crippen molar-refractivity contribution in [2.45, 2.75) is 19.9 Å². The van der Waals surface area contributed by atoms with Gasteiger partial charge in [-0.25, -0.2) is 0 Å². The van der Waals surface area contributed by atoms with Crippen LogP contribution in [-0.4, -0.2) is 40.3 Å². The fourth-order valence-electron chi connectivity index (χ4n) is 1.44. The second-order valence-electron chi connectivity index (χ2n) is 3.85. The van der Waals surface area contributed by atoms with E-state index >= 15 is 0 Å². The summed E-state index contributed by atoms with van der Waals surface area (Å²) in [6, 6.07) is 2.56. The van der Waals surface area contributed by atoms with Gasteiger partial charge in [0.25, 0.3) is 0 Å². The molecule has 0 radical (unpaired) electrons. The van der Waals surface area contributed by atoms with Crippen molar-refractivity contribution in [1.29, 1.82) is 0 Å². The fourth-order valence-corrected chi connectivity index (χ4v) is 1.44. The average Bonchev–Trinajstić information content (AvgIpc) is 2.37. The number of carbonyl (C=O) groups excluding carboxylic acids is 1. The monoisotopic (exact) mass is 252 g/mol. The van der Waals surface area contributed by atoms with Gasteiger partial charge in [-0.3, -0.25) is 4.79 Å². The van der Waals surface area contributed by atoms with Crippen LogP contribution in [0.3, 0.4) is 0 Å². The van der Waals surface area contributed by atoms with Gasteiger partial charge in [-0.1, -0.05) is 0 Å². The van der Waals surface area contributed by atoms with Gasteiger partial charge in [0, 0.05) is 13.6 Å². The van der Waals surface area contributed by atoms with Crippen molar-refractivity contribution >= 4 is 17.4 Å². The molecule has 7 nitrogen and oxygen atoms in total. The van der Waals surface area contributed by atoms with Crippen LogP contribution in [0.1, 0.15) is 13.8 Å². The minimum Gasteiger partial charge on any atom is -0.367 e. The standard InChI is InChI=1S/C11H16N4O3/c1-4-14(3)11(16)8(2)13-9-6-5-7-12-10(9)15(17)18/h5-8,13H,4H2,1-3H3. The molecule has 1 atom stereocenters. The zero-order valence-electron chi connectivity index (χ0n) is 10.6. The maximum atomic E-state index is 11.8. The van der Waals surface area contributed by atoms with Crippen LogP contribution < -0.4 is 5.32 Å². The van der Waals surface area contributed by atoms with Gasteiger partial charge in [-0.05, 0) is 35.9 Å². The number of nitrogens with one attached hydrogen (secondary N) is 1. The van der Waals surface area contributed by atoms with Crippen molar-refractivity contribution in [3.05, 3.63) is 28.4 Å². The third-order valence-electron chi connectivity index (χ3n) is 2.55. The van der Waals surface area contributed by atoms with E-state index in [9.17, 15) is 14.9 Å². The minimum atomic E-state index is -0.580. The van der Waals surface area contributed by atoms with Crippen LogP contribution in [0.25, 0.3) is 0 Å². The van der Waals surface area contributed by atoms with E-state index in [4.69, 9.17) is 0 Å². The van der Waals surface area contributed by atoms with Gasteiger partial charge in [-0.15, -0.1) is 0 Å². The van der Waals surface area contributed by atoms with E-state index in [0.29, 0.717) is 6.54 Å². The minimum absolute atomic E-state index is 0.129. The highest BCUT2D eigenvalue weighted by Crippen LogP contribution is 2.21. The molecule has 1 amide bonds. The third-order valence-corrected chi connectivity index (χ3v) is 2.55. The first kappa shape index (κ1) is 13.9. The molecule has 1 N–H and O–H groups in total. The molecule has 98 valence electrons. The van der Waals surface area contributed by atoms with Gasteiger partial charge in [0.1, 0.15) is 17.9 Å². The molecule has 0 aliphatic carbocycles. The van der Waals surface area contributed by atoms with Gasteiger partial charge < -0.3 is 20.3 Å². The highest BCUT2D eigenvalue weighted by atomic mass is 16.6. The number of carbonyl (C=O) groups is 1. The molecule has 1 aromatic rings. The Hall–Kier alpha value is -2.18. The molecule has 0 aliphatic heterocycles. The Morgan fingerprint density at radius 1 is 1.67 bits per heavy atom. The molecule has 0 saturated carbocycles. The number of pyridine rings is 1. The smallest absolute Gasteiger partial charge is 0.367 e. The number of anilines is 1. The SMILES string of the molecule is CCN(C)C(=O)C(C)Nc1cccnc1[N+](=O)[O-]. The van der Waals surface area contributed by atoms with Crippen LogP contribution in [0, 0.1) is 10.1 Å². The molecular formula is C11H16N4O3. The molecule has 7 heteroatoms. The topological polar surface area (TPSA) is 88.4 Å². The molecule has 1 heterocycles. The number of rotatable bonds is 5. The van der Waals surface area contributed by atoms with E-state index < -0.39 is 11.0 Å². The van der Waals surface area contributed by atoms with Crippen molar-refractivity contribution in [2.75, 3.05) is 18.9 Å². The Balaban J connectivity index is 2.85. The summed E-state index contributed by atoms with van der Waals surface area (Å²) in [5, 5.41) is 13.6. The highest BCUT2D eigenvalue weighted by molar-refractivity contribution is 5.84. The molecular weight excluding hydrogens is 236 g/mol. The van der Waals surface area contributed by atoms with Crippen LogP contribution in [0.2, 0.25) is 0 Å². The first-order chi connectivity index (χ1) is 8.47. The van der Waals surface area contributed by atoms with Crippen LogP contribution in [0.4, 0.5) is 11.5 Å². The van der Waals surface area contributed by atoms with Gasteiger partial charge in [0.15, 0.2) is 0 Å². The van der Waals surface area contributed by atoms with E-state index in [2.05, 4.69) is 10.3 Å². The zero-order valence-corrected chi connectivity index (χ0v) is 10.6. The lowest BCUT2D eigenvalue weighted by molar-refractivity contribution is -0.388. The Labute approximate surface area is 105 Å². The van der Waals surface area contributed by atoms with E-state index in [1.165, 1.54) is 12.3 Å². The first-order valence-corrected chi connectivity index (χ1v) is 5.58. The molecule has 0 saturated heterocycles. The van der Waals surface area contributed by atoms with Crippen LogP contribution in [0.15, 0.2) is 18.3 Å².